The van der Waals surface area contributed by atoms with Crippen molar-refractivity contribution in [1.82, 2.24) is 4.90 Å². The molecule has 5 heteroatoms. The molecule has 0 bridgehead atoms. The second-order valence-corrected chi connectivity index (χ2v) is 5.66. The standard InChI is InChI=1S/C16H22N2O3/c1-11-8-12(2)10-13(9-11)18-5-4-14(16(18)21)15(20)17(3)6-7-19/h8-10,14,19H,4-7H2,1-3H3. The van der Waals surface area contributed by atoms with Crippen molar-refractivity contribution >= 4 is 17.5 Å². The Labute approximate surface area is 125 Å². The fourth-order valence-electron chi connectivity index (χ4n) is 2.80. The van der Waals surface area contributed by atoms with E-state index in [1.807, 2.05) is 26.0 Å². The molecule has 1 aliphatic heterocycles. The highest BCUT2D eigenvalue weighted by molar-refractivity contribution is 6.09. The molecule has 1 atom stereocenters. The maximum atomic E-state index is 12.5. The number of aliphatic hydroxyl groups is 1. The largest absolute Gasteiger partial charge is 0.395 e. The van der Waals surface area contributed by atoms with Gasteiger partial charge in [0.2, 0.25) is 11.8 Å². The Kier molecular flexibility index (Phi) is 4.63. The lowest BCUT2D eigenvalue weighted by atomic mass is 10.1. The number of aliphatic hydroxyl groups excluding tert-OH is 1. The fourth-order valence-corrected chi connectivity index (χ4v) is 2.80. The molecular formula is C16H22N2O3. The van der Waals surface area contributed by atoms with Gasteiger partial charge >= 0.3 is 0 Å². The van der Waals surface area contributed by atoms with E-state index in [9.17, 15) is 9.59 Å². The van der Waals surface area contributed by atoms with Gasteiger partial charge in [-0.15, -0.1) is 0 Å². The number of nitrogens with zero attached hydrogens (tertiary/aromatic N) is 2. The third-order valence-corrected chi connectivity index (χ3v) is 3.83. The molecule has 21 heavy (non-hydrogen) atoms. The van der Waals surface area contributed by atoms with Crippen molar-refractivity contribution in [2.75, 3.05) is 31.6 Å². The Bertz CT molecular complexity index is 536. The van der Waals surface area contributed by atoms with Crippen LogP contribution in [0.1, 0.15) is 17.5 Å². The SMILES string of the molecule is Cc1cc(C)cc(N2CCC(C(=O)N(C)CCO)C2=O)c1. The van der Waals surface area contributed by atoms with Gasteiger partial charge in [-0.1, -0.05) is 6.07 Å². The zero-order valence-electron chi connectivity index (χ0n) is 12.8. The van der Waals surface area contributed by atoms with Gasteiger partial charge < -0.3 is 14.9 Å². The lowest BCUT2D eigenvalue weighted by Gasteiger charge is -2.21. The van der Waals surface area contributed by atoms with Crippen molar-refractivity contribution in [3.8, 4) is 0 Å². The van der Waals surface area contributed by atoms with Crippen LogP contribution in [0.5, 0.6) is 0 Å². The molecule has 0 spiro atoms. The summed E-state index contributed by atoms with van der Waals surface area (Å²) in [7, 11) is 1.62. The van der Waals surface area contributed by atoms with Crippen molar-refractivity contribution in [2.24, 2.45) is 5.92 Å². The molecule has 0 aliphatic carbocycles. The van der Waals surface area contributed by atoms with Crippen LogP contribution in [0.2, 0.25) is 0 Å². The molecular weight excluding hydrogens is 268 g/mol. The molecule has 2 amide bonds. The summed E-state index contributed by atoms with van der Waals surface area (Å²) in [5, 5.41) is 8.90. The number of likely N-dealkylation sites (N-methyl/N-ethyl adjacent to an activating group) is 1. The van der Waals surface area contributed by atoms with Crippen LogP contribution in [0.3, 0.4) is 0 Å². The van der Waals surface area contributed by atoms with E-state index in [1.165, 1.54) is 4.90 Å². The van der Waals surface area contributed by atoms with Gasteiger partial charge in [0.15, 0.2) is 0 Å². The number of benzene rings is 1. The van der Waals surface area contributed by atoms with E-state index in [4.69, 9.17) is 5.11 Å². The second kappa shape index (κ2) is 6.26. The number of amides is 2. The van der Waals surface area contributed by atoms with Crippen molar-refractivity contribution in [1.29, 1.82) is 0 Å². The van der Waals surface area contributed by atoms with Crippen LogP contribution < -0.4 is 4.90 Å². The number of aryl methyl sites for hydroxylation is 2. The number of carbonyl (C=O) groups excluding carboxylic acids is 2. The average Bonchev–Trinajstić information content (AvgIpc) is 2.79. The second-order valence-electron chi connectivity index (χ2n) is 5.66. The third kappa shape index (κ3) is 3.24. The van der Waals surface area contributed by atoms with Gasteiger partial charge in [-0.2, -0.15) is 0 Å². The molecule has 1 aliphatic rings. The highest BCUT2D eigenvalue weighted by atomic mass is 16.3. The zero-order valence-corrected chi connectivity index (χ0v) is 12.8. The molecule has 5 nitrogen and oxygen atoms in total. The molecule has 1 N–H and O–H groups in total. The van der Waals surface area contributed by atoms with E-state index >= 15 is 0 Å². The molecule has 0 radical (unpaired) electrons. The minimum absolute atomic E-state index is 0.0933. The first kappa shape index (κ1) is 15.5. The highest BCUT2D eigenvalue weighted by Crippen LogP contribution is 2.27. The van der Waals surface area contributed by atoms with Gasteiger partial charge in [-0.05, 0) is 43.5 Å². The first-order valence-electron chi connectivity index (χ1n) is 7.19. The fraction of sp³-hybridized carbons (Fsp3) is 0.500. The van der Waals surface area contributed by atoms with Crippen LogP contribution in [-0.2, 0) is 9.59 Å². The first-order chi connectivity index (χ1) is 9.93. The van der Waals surface area contributed by atoms with Gasteiger partial charge in [0.1, 0.15) is 5.92 Å². The first-order valence-corrected chi connectivity index (χ1v) is 7.19. The maximum absolute atomic E-state index is 12.5. The maximum Gasteiger partial charge on any atom is 0.239 e. The van der Waals surface area contributed by atoms with E-state index in [-0.39, 0.29) is 25.0 Å². The average molecular weight is 290 g/mol. The topological polar surface area (TPSA) is 60.9 Å². The van der Waals surface area contributed by atoms with E-state index in [2.05, 4.69) is 6.07 Å². The minimum atomic E-state index is -0.623. The number of anilines is 1. The molecule has 1 fully saturated rings. The summed E-state index contributed by atoms with van der Waals surface area (Å²) in [5.41, 5.74) is 3.06. The van der Waals surface area contributed by atoms with E-state index in [0.717, 1.165) is 16.8 Å². The molecule has 1 saturated heterocycles. The minimum Gasteiger partial charge on any atom is -0.395 e. The summed E-state index contributed by atoms with van der Waals surface area (Å²) in [6.07, 6.45) is 0.528. The lowest BCUT2D eigenvalue weighted by Crippen LogP contribution is -2.39. The van der Waals surface area contributed by atoms with Gasteiger partial charge in [-0.25, -0.2) is 0 Å². The molecule has 1 unspecified atom stereocenters. The quantitative estimate of drug-likeness (QED) is 0.845. The van der Waals surface area contributed by atoms with Crippen molar-refractivity contribution in [2.45, 2.75) is 20.3 Å². The Morgan fingerprint density at radius 1 is 1.33 bits per heavy atom. The van der Waals surface area contributed by atoms with Crippen LogP contribution in [0.25, 0.3) is 0 Å². The predicted octanol–water partition coefficient (Wildman–Crippen LogP) is 1.11. The lowest BCUT2D eigenvalue weighted by molar-refractivity contribution is -0.139. The molecule has 1 aromatic carbocycles. The Balaban J connectivity index is 2.16. The normalized spacial score (nSPS) is 18.2. The molecule has 114 valence electrons. The summed E-state index contributed by atoms with van der Waals surface area (Å²) in [5.74, 6) is -0.974. The van der Waals surface area contributed by atoms with Gasteiger partial charge in [0, 0.05) is 25.8 Å². The zero-order chi connectivity index (χ0) is 15.6. The van der Waals surface area contributed by atoms with Crippen molar-refractivity contribution in [3.63, 3.8) is 0 Å². The molecule has 1 heterocycles. The van der Waals surface area contributed by atoms with Gasteiger partial charge in [0.25, 0.3) is 0 Å². The Morgan fingerprint density at radius 3 is 2.52 bits per heavy atom. The highest BCUT2D eigenvalue weighted by Gasteiger charge is 2.38. The van der Waals surface area contributed by atoms with Crippen LogP contribution in [0.4, 0.5) is 5.69 Å². The number of rotatable bonds is 4. The molecule has 0 saturated carbocycles. The van der Waals surface area contributed by atoms with Gasteiger partial charge in [-0.3, -0.25) is 9.59 Å². The third-order valence-electron chi connectivity index (χ3n) is 3.83. The summed E-state index contributed by atoms with van der Waals surface area (Å²) in [6, 6.07) is 5.99. The Morgan fingerprint density at radius 2 is 1.95 bits per heavy atom. The smallest absolute Gasteiger partial charge is 0.239 e. The Hall–Kier alpha value is -1.88. The number of hydrogen-bond donors (Lipinski definition) is 1. The van der Waals surface area contributed by atoms with Crippen molar-refractivity contribution in [3.05, 3.63) is 29.3 Å². The molecule has 1 aromatic rings. The summed E-state index contributed by atoms with van der Waals surface area (Å²) in [4.78, 5) is 27.8. The van der Waals surface area contributed by atoms with Crippen LogP contribution in [0.15, 0.2) is 18.2 Å². The molecule has 0 aromatic heterocycles. The molecule has 2 rings (SSSR count). The summed E-state index contributed by atoms with van der Waals surface area (Å²) >= 11 is 0. The van der Waals surface area contributed by atoms with Crippen molar-refractivity contribution < 1.29 is 14.7 Å². The summed E-state index contributed by atoms with van der Waals surface area (Å²) < 4.78 is 0. The van der Waals surface area contributed by atoms with Crippen LogP contribution in [0, 0.1) is 19.8 Å². The summed E-state index contributed by atoms with van der Waals surface area (Å²) in [6.45, 7) is 4.71. The number of carbonyl (C=O) groups is 2. The predicted molar refractivity (Wildman–Crippen MR) is 81.1 cm³/mol. The van der Waals surface area contributed by atoms with Crippen LogP contribution in [-0.4, -0.2) is 48.6 Å². The van der Waals surface area contributed by atoms with E-state index < -0.39 is 5.92 Å². The monoisotopic (exact) mass is 290 g/mol. The van der Waals surface area contributed by atoms with E-state index in [0.29, 0.717) is 13.0 Å². The van der Waals surface area contributed by atoms with Crippen LogP contribution >= 0.6 is 0 Å². The van der Waals surface area contributed by atoms with E-state index in [1.54, 1.807) is 11.9 Å². The number of hydrogen-bond acceptors (Lipinski definition) is 3. The van der Waals surface area contributed by atoms with Gasteiger partial charge in [0.05, 0.1) is 6.61 Å².